The number of nitrogens with one attached hydrogen (secondary N) is 1. The number of hydrogen-bond acceptors (Lipinski definition) is 4. The number of carbonyl (C=O) groups is 1. The molecule has 7 nitrogen and oxygen atoms in total. The number of rotatable bonds is 5. The molecule has 146 valence electrons. The van der Waals surface area contributed by atoms with Crippen molar-refractivity contribution in [1.82, 2.24) is 19.7 Å². The Kier molecular flexibility index (Phi) is 5.59. The zero-order valence-corrected chi connectivity index (χ0v) is 17.1. The van der Waals surface area contributed by atoms with Crippen molar-refractivity contribution in [3.63, 3.8) is 0 Å². The normalized spacial score (nSPS) is 14.2. The molecule has 0 bridgehead atoms. The van der Waals surface area contributed by atoms with Crippen molar-refractivity contribution in [2.75, 3.05) is 23.3 Å². The van der Waals surface area contributed by atoms with Crippen molar-refractivity contribution in [3.8, 4) is 5.69 Å². The monoisotopic (exact) mass is 414 g/mol. The Morgan fingerprint density at radius 1 is 1.09 bits per heavy atom. The van der Waals surface area contributed by atoms with Crippen LogP contribution in [0.3, 0.4) is 0 Å². The number of anilines is 2. The molecule has 0 atom stereocenters. The third kappa shape index (κ3) is 4.40. The number of amides is 2. The van der Waals surface area contributed by atoms with Gasteiger partial charge in [0.2, 0.25) is 0 Å². The van der Waals surface area contributed by atoms with Crippen LogP contribution in [0, 0.1) is 5.82 Å². The summed E-state index contributed by atoms with van der Waals surface area (Å²) in [7, 11) is 34.5. The molecule has 1 N–H and O–H groups in total. The maximum absolute atomic E-state index is 14.6. The van der Waals surface area contributed by atoms with E-state index in [1.54, 1.807) is 11.0 Å². The molecule has 32 heavy (non-hydrogen) atoms. The van der Waals surface area contributed by atoms with Crippen LogP contribution in [0.4, 0.5) is 20.6 Å². The van der Waals surface area contributed by atoms with Gasteiger partial charge in [-0.2, -0.15) is 0 Å². The molecule has 1 saturated heterocycles. The van der Waals surface area contributed by atoms with Gasteiger partial charge in [0.15, 0.2) is 5.65 Å². The fraction of sp³-hybridized carbons (Fsp3) is 0.278. The highest BCUT2D eigenvalue weighted by molar-refractivity contribution is 6.66. The maximum atomic E-state index is 14.6. The number of pyridine rings is 1. The molecule has 2 aromatic heterocycles. The minimum absolute atomic E-state index is 0.111. The van der Waals surface area contributed by atoms with Crippen LogP contribution in [-0.4, -0.2) is 96.3 Å². The van der Waals surface area contributed by atoms with Crippen LogP contribution in [0.5, 0.6) is 0 Å². The van der Waals surface area contributed by atoms with Gasteiger partial charge in [-0.15, -0.1) is 5.10 Å². The fourth-order valence-corrected chi connectivity index (χ4v) is 3.42. The summed E-state index contributed by atoms with van der Waals surface area (Å²) in [5, 5.41) is 3.54. The van der Waals surface area contributed by atoms with Crippen molar-refractivity contribution in [2.45, 2.75) is 16.9 Å². The molecule has 0 saturated carbocycles. The molecule has 3 heterocycles. The van der Waals surface area contributed by atoms with Gasteiger partial charge >= 0.3 is 6.03 Å². The first-order valence-electron chi connectivity index (χ1n) is 9.68. The summed E-state index contributed by atoms with van der Waals surface area (Å²) >= 11 is 0. The molecule has 1 fully saturated rings. The van der Waals surface area contributed by atoms with Crippen LogP contribution in [0.25, 0.3) is 16.7 Å². The van der Waals surface area contributed by atoms with Crippen molar-refractivity contribution >= 4 is 75.5 Å². The van der Waals surface area contributed by atoms with E-state index in [2.05, 4.69) is 15.4 Å². The maximum Gasteiger partial charge on any atom is 0.321 e. The standard InChI is InChI=1S/C18H13B6FN6O/c19-17(20,21)31(18(22,23)24)12-6-10-9-30(28-15(10)26-8-12)14-7-11(2-3-13(14)25)27-16(32)29-4-1-5-29/h2-3,6-9H,1,4-5H2,(H,27,32). The van der Waals surface area contributed by atoms with Gasteiger partial charge in [0.1, 0.15) is 11.5 Å². The topological polar surface area (TPSA) is 66.3 Å². The van der Waals surface area contributed by atoms with Gasteiger partial charge in [0, 0.05) is 30.4 Å². The smallest absolute Gasteiger partial charge is 0.321 e. The highest BCUT2D eigenvalue weighted by Gasteiger charge is 2.30. The third-order valence-electron chi connectivity index (χ3n) is 4.96. The third-order valence-corrected chi connectivity index (χ3v) is 4.96. The Bertz CT molecular complexity index is 1160. The van der Waals surface area contributed by atoms with Gasteiger partial charge in [-0.1, -0.05) is 10.5 Å². The summed E-state index contributed by atoms with van der Waals surface area (Å²) in [6.45, 7) is 1.39. The Labute approximate surface area is 192 Å². The Morgan fingerprint density at radius 2 is 1.78 bits per heavy atom. The van der Waals surface area contributed by atoms with Crippen LogP contribution >= 0.6 is 0 Å². The van der Waals surface area contributed by atoms with Crippen LogP contribution in [0.15, 0.2) is 36.7 Å². The van der Waals surface area contributed by atoms with Gasteiger partial charge in [0.25, 0.3) is 0 Å². The second kappa shape index (κ2) is 7.98. The zero-order chi connectivity index (χ0) is 23.3. The summed E-state index contributed by atoms with van der Waals surface area (Å²) < 4.78 is 15.9. The lowest BCUT2D eigenvalue weighted by Crippen LogP contribution is -2.64. The van der Waals surface area contributed by atoms with Crippen LogP contribution in [0.2, 0.25) is 0 Å². The highest BCUT2D eigenvalue weighted by atomic mass is 19.1. The molecule has 1 aromatic carbocycles. The number of fused-ring (bicyclic) bond motifs is 1. The molecule has 0 aliphatic carbocycles. The number of halogens is 1. The Balaban J connectivity index is 1.68. The predicted octanol–water partition coefficient (Wildman–Crippen LogP) is -0.163. The van der Waals surface area contributed by atoms with Gasteiger partial charge < -0.3 is 15.1 Å². The van der Waals surface area contributed by atoms with E-state index in [1.165, 1.54) is 35.3 Å². The summed E-state index contributed by atoms with van der Waals surface area (Å²) in [6.07, 6.45) is 3.83. The number of urea groups is 1. The minimum atomic E-state index is -1.99. The first-order valence-corrected chi connectivity index (χ1v) is 9.68. The predicted molar refractivity (Wildman–Crippen MR) is 126 cm³/mol. The fourth-order valence-electron chi connectivity index (χ4n) is 3.42. The molecule has 2 amide bonds. The number of aromatic nitrogens is 3. The Morgan fingerprint density at radius 3 is 2.38 bits per heavy atom. The number of carbonyl (C=O) groups excluding carboxylic acids is 1. The average Bonchev–Trinajstić information content (AvgIpc) is 3.02. The quantitative estimate of drug-likeness (QED) is 0.591. The number of benzene rings is 1. The minimum Gasteiger partial charge on any atom is -0.410 e. The van der Waals surface area contributed by atoms with Crippen molar-refractivity contribution < 1.29 is 9.18 Å². The lowest BCUT2D eigenvalue weighted by Gasteiger charge is -2.50. The Hall–Kier alpha value is -2.77. The van der Waals surface area contributed by atoms with E-state index in [4.69, 9.17) is 47.1 Å². The van der Waals surface area contributed by atoms with E-state index in [0.29, 0.717) is 24.2 Å². The van der Waals surface area contributed by atoms with Crippen LogP contribution in [0.1, 0.15) is 6.42 Å². The molecule has 12 radical (unpaired) electrons. The van der Waals surface area contributed by atoms with E-state index >= 15 is 0 Å². The summed E-state index contributed by atoms with van der Waals surface area (Å²) in [4.78, 5) is 19.0. The second-order valence-corrected chi connectivity index (χ2v) is 7.73. The number of hydrogen-bond donors (Lipinski definition) is 1. The largest absolute Gasteiger partial charge is 0.410 e. The lowest BCUT2D eigenvalue weighted by atomic mass is 9.40. The summed E-state index contributed by atoms with van der Waals surface area (Å²) in [6, 6.07) is 5.50. The highest BCUT2D eigenvalue weighted by Crippen LogP contribution is 2.28. The van der Waals surface area contributed by atoms with Crippen molar-refractivity contribution in [1.29, 1.82) is 0 Å². The van der Waals surface area contributed by atoms with Gasteiger partial charge in [0.05, 0.1) is 59.0 Å². The molecular weight excluding hydrogens is 400 g/mol. The number of likely N-dealkylation sites (tertiary alicyclic amines) is 1. The summed E-state index contributed by atoms with van der Waals surface area (Å²) in [5.74, 6) is -0.545. The molecule has 0 unspecified atom stereocenters. The van der Waals surface area contributed by atoms with Crippen LogP contribution < -0.4 is 10.2 Å². The molecule has 14 heteroatoms. The molecule has 0 spiro atoms. The second-order valence-electron chi connectivity index (χ2n) is 7.73. The first kappa shape index (κ1) is 22.4. The molecular formula is C18H13B6FN6O. The lowest BCUT2D eigenvalue weighted by molar-refractivity contribution is 0.181. The van der Waals surface area contributed by atoms with Gasteiger partial charge in [-0.25, -0.2) is 18.9 Å². The van der Waals surface area contributed by atoms with E-state index in [9.17, 15) is 9.18 Å². The van der Waals surface area contributed by atoms with Crippen molar-refractivity contribution in [3.05, 3.63) is 42.5 Å². The van der Waals surface area contributed by atoms with E-state index < -0.39 is 16.3 Å². The van der Waals surface area contributed by atoms with E-state index in [0.717, 1.165) is 11.3 Å². The first-order chi connectivity index (χ1) is 14.9. The van der Waals surface area contributed by atoms with E-state index in [1.807, 2.05) is 0 Å². The van der Waals surface area contributed by atoms with Gasteiger partial charge in [-0.05, 0) is 30.7 Å². The average molecular weight is 413 g/mol. The SMILES string of the molecule is [B]C([B])([B])N(c1cnc2nn(-c3cc(NC(=O)N4CCC4)ccc3F)cc2c1)C([B])([B])[B]. The van der Waals surface area contributed by atoms with Gasteiger partial charge in [-0.3, -0.25) is 0 Å². The molecule has 4 rings (SSSR count). The van der Waals surface area contributed by atoms with E-state index in [-0.39, 0.29) is 23.1 Å². The van der Waals surface area contributed by atoms with Crippen LogP contribution in [-0.2, 0) is 0 Å². The molecule has 1 aliphatic heterocycles. The zero-order valence-electron chi connectivity index (χ0n) is 17.1. The summed E-state index contributed by atoms with van der Waals surface area (Å²) in [5.41, 5.74) is 1.06. The number of nitrogens with zero attached hydrogens (tertiary/aromatic N) is 5. The molecule has 3 aromatic rings. The molecule has 1 aliphatic rings. The van der Waals surface area contributed by atoms with Crippen molar-refractivity contribution in [2.24, 2.45) is 0 Å².